The fourth-order valence-corrected chi connectivity index (χ4v) is 3.14. The topological polar surface area (TPSA) is 55.8 Å². The van der Waals surface area contributed by atoms with Crippen molar-refractivity contribution < 1.29 is 19.1 Å². The Morgan fingerprint density at radius 3 is 1.92 bits per heavy atom. The molecule has 0 bridgehead atoms. The first-order chi connectivity index (χ1) is 11.3. The Kier molecular flexibility index (Phi) is 6.49. The highest BCUT2D eigenvalue weighted by Gasteiger charge is 2.49. The number of carbonyl (C=O) groups excluding carboxylic acids is 2. The highest BCUT2D eigenvalue weighted by Crippen LogP contribution is 2.42. The van der Waals surface area contributed by atoms with Crippen LogP contribution in [0.3, 0.4) is 0 Å². The van der Waals surface area contributed by atoms with E-state index in [-0.39, 0.29) is 5.41 Å². The van der Waals surface area contributed by atoms with Crippen molar-refractivity contribution in [2.75, 3.05) is 6.54 Å². The van der Waals surface area contributed by atoms with Gasteiger partial charge in [-0.15, -0.1) is 13.2 Å². The summed E-state index contributed by atoms with van der Waals surface area (Å²) in [6.07, 6.45) is 5.06. The Bertz CT molecular complexity index is 477. The van der Waals surface area contributed by atoms with Crippen LogP contribution in [0, 0.1) is 5.41 Å². The second kappa shape index (κ2) is 7.63. The van der Waals surface area contributed by atoms with E-state index in [1.165, 1.54) is 4.90 Å². The predicted molar refractivity (Wildman–Crippen MR) is 99.3 cm³/mol. The summed E-state index contributed by atoms with van der Waals surface area (Å²) in [4.78, 5) is 26.9. The molecule has 0 aromatic rings. The summed E-state index contributed by atoms with van der Waals surface area (Å²) in [6.45, 7) is 19.0. The standard InChI is InChI=1S/C20H33NO4/c1-9-11-20(12-10-2)13-15(16(22)24-18(3,4)5)21(14-20)17(23)25-19(6,7)8/h9-10,15H,1-2,11-14H2,3-8H3/t15-/m0/s1. The molecule has 0 N–H and O–H groups in total. The number of hydrogen-bond acceptors (Lipinski definition) is 4. The predicted octanol–water partition coefficient (Wildman–Crippen LogP) is 4.48. The summed E-state index contributed by atoms with van der Waals surface area (Å²) < 4.78 is 11.1. The second-order valence-electron chi connectivity index (χ2n) is 8.85. The molecule has 1 heterocycles. The van der Waals surface area contributed by atoms with Crippen molar-refractivity contribution in [1.82, 2.24) is 4.90 Å². The molecular formula is C20H33NO4. The lowest BCUT2D eigenvalue weighted by molar-refractivity contribution is -0.160. The maximum Gasteiger partial charge on any atom is 0.411 e. The van der Waals surface area contributed by atoms with E-state index in [1.54, 1.807) is 0 Å². The van der Waals surface area contributed by atoms with Crippen LogP contribution in [0.15, 0.2) is 25.3 Å². The highest BCUT2D eigenvalue weighted by molar-refractivity contribution is 5.82. The molecule has 5 nitrogen and oxygen atoms in total. The average Bonchev–Trinajstić information content (AvgIpc) is 2.76. The van der Waals surface area contributed by atoms with Gasteiger partial charge in [0.2, 0.25) is 0 Å². The van der Waals surface area contributed by atoms with Crippen LogP contribution in [0.5, 0.6) is 0 Å². The number of nitrogens with zero attached hydrogens (tertiary/aromatic N) is 1. The first-order valence-electron chi connectivity index (χ1n) is 8.77. The highest BCUT2D eigenvalue weighted by atomic mass is 16.6. The van der Waals surface area contributed by atoms with Gasteiger partial charge in [-0.05, 0) is 66.2 Å². The van der Waals surface area contributed by atoms with Gasteiger partial charge in [-0.3, -0.25) is 4.90 Å². The van der Waals surface area contributed by atoms with E-state index >= 15 is 0 Å². The van der Waals surface area contributed by atoms with Gasteiger partial charge in [0.25, 0.3) is 0 Å². The van der Waals surface area contributed by atoms with Crippen LogP contribution in [-0.4, -0.2) is 40.8 Å². The average molecular weight is 351 g/mol. The minimum absolute atomic E-state index is 0.262. The van der Waals surface area contributed by atoms with E-state index in [0.717, 1.165) is 0 Å². The van der Waals surface area contributed by atoms with Crippen molar-refractivity contribution in [3.63, 3.8) is 0 Å². The normalized spacial score (nSPS) is 20.1. The van der Waals surface area contributed by atoms with Crippen molar-refractivity contribution >= 4 is 12.1 Å². The fraction of sp³-hybridized carbons (Fsp3) is 0.700. The van der Waals surface area contributed by atoms with E-state index in [9.17, 15) is 9.59 Å². The third-order valence-corrected chi connectivity index (χ3v) is 3.97. The van der Waals surface area contributed by atoms with Gasteiger partial charge >= 0.3 is 12.1 Å². The number of hydrogen-bond donors (Lipinski definition) is 0. The van der Waals surface area contributed by atoms with Crippen LogP contribution >= 0.6 is 0 Å². The van der Waals surface area contributed by atoms with Crippen molar-refractivity contribution in [2.45, 2.75) is 78.0 Å². The molecule has 1 fully saturated rings. The minimum Gasteiger partial charge on any atom is -0.458 e. The van der Waals surface area contributed by atoms with Crippen LogP contribution in [0.25, 0.3) is 0 Å². The van der Waals surface area contributed by atoms with E-state index in [1.807, 2.05) is 53.7 Å². The number of amides is 1. The number of rotatable bonds is 5. The first-order valence-corrected chi connectivity index (χ1v) is 8.77. The SMILES string of the molecule is C=CCC1(CC=C)C[C@@H](C(=O)OC(C)(C)C)N(C(=O)OC(C)(C)C)C1. The van der Waals surface area contributed by atoms with Crippen molar-refractivity contribution in [2.24, 2.45) is 5.41 Å². The molecule has 5 heteroatoms. The lowest BCUT2D eigenvalue weighted by atomic mass is 9.79. The molecule has 142 valence electrons. The molecule has 0 saturated carbocycles. The zero-order valence-corrected chi connectivity index (χ0v) is 16.6. The summed E-state index contributed by atoms with van der Waals surface area (Å²) in [5, 5.41) is 0. The third-order valence-electron chi connectivity index (χ3n) is 3.97. The van der Waals surface area contributed by atoms with E-state index in [2.05, 4.69) is 13.2 Å². The lowest BCUT2D eigenvalue weighted by Crippen LogP contribution is -2.45. The monoisotopic (exact) mass is 351 g/mol. The third kappa shape index (κ3) is 6.22. The van der Waals surface area contributed by atoms with Gasteiger partial charge in [0, 0.05) is 6.54 Å². The van der Waals surface area contributed by atoms with E-state index in [0.29, 0.717) is 25.8 Å². The van der Waals surface area contributed by atoms with Crippen molar-refractivity contribution in [3.05, 3.63) is 25.3 Å². The van der Waals surface area contributed by atoms with Crippen LogP contribution in [0.4, 0.5) is 4.79 Å². The van der Waals surface area contributed by atoms with Crippen molar-refractivity contribution in [1.29, 1.82) is 0 Å². The fourth-order valence-electron chi connectivity index (χ4n) is 3.14. The molecule has 1 rings (SSSR count). The molecule has 1 amide bonds. The number of ether oxygens (including phenoxy) is 2. The zero-order valence-electron chi connectivity index (χ0n) is 16.6. The number of carbonyl (C=O) groups is 2. The van der Waals surface area contributed by atoms with Gasteiger partial charge in [-0.25, -0.2) is 9.59 Å². The molecule has 1 saturated heterocycles. The van der Waals surface area contributed by atoms with Gasteiger partial charge in [0.05, 0.1) is 0 Å². The number of likely N-dealkylation sites (tertiary alicyclic amines) is 1. The summed E-state index contributed by atoms with van der Waals surface area (Å²) in [5.74, 6) is -0.395. The molecule has 1 aliphatic heterocycles. The van der Waals surface area contributed by atoms with E-state index < -0.39 is 29.3 Å². The van der Waals surface area contributed by atoms with E-state index in [4.69, 9.17) is 9.47 Å². The zero-order chi connectivity index (χ0) is 19.5. The van der Waals surface area contributed by atoms with Crippen LogP contribution in [-0.2, 0) is 14.3 Å². The Morgan fingerprint density at radius 1 is 1.04 bits per heavy atom. The van der Waals surface area contributed by atoms with Crippen molar-refractivity contribution in [3.8, 4) is 0 Å². The maximum atomic E-state index is 12.7. The largest absolute Gasteiger partial charge is 0.458 e. The molecule has 0 spiro atoms. The summed E-state index contributed by atoms with van der Waals surface area (Å²) in [7, 11) is 0. The van der Waals surface area contributed by atoms with Gasteiger partial charge in [0.15, 0.2) is 0 Å². The Hall–Kier alpha value is -1.78. The summed E-state index contributed by atoms with van der Waals surface area (Å²) in [6, 6.07) is -0.658. The Balaban J connectivity index is 3.13. The molecule has 25 heavy (non-hydrogen) atoms. The first kappa shape index (κ1) is 21.3. The molecule has 1 atom stereocenters. The molecule has 0 radical (unpaired) electrons. The lowest BCUT2D eigenvalue weighted by Gasteiger charge is -2.30. The molecule has 1 aliphatic rings. The molecule has 0 aromatic carbocycles. The van der Waals surface area contributed by atoms with Gasteiger partial charge in [-0.2, -0.15) is 0 Å². The maximum absolute atomic E-state index is 12.7. The number of esters is 1. The van der Waals surface area contributed by atoms with Crippen LogP contribution in [0.1, 0.15) is 60.8 Å². The van der Waals surface area contributed by atoms with Gasteiger partial charge < -0.3 is 9.47 Å². The molecule has 0 unspecified atom stereocenters. The van der Waals surface area contributed by atoms with Gasteiger partial charge in [0.1, 0.15) is 17.2 Å². The smallest absolute Gasteiger partial charge is 0.411 e. The quantitative estimate of drug-likeness (QED) is 0.541. The summed E-state index contributed by atoms with van der Waals surface area (Å²) in [5.41, 5.74) is -1.50. The molecular weight excluding hydrogens is 318 g/mol. The van der Waals surface area contributed by atoms with Crippen LogP contribution in [0.2, 0.25) is 0 Å². The molecule has 0 aliphatic carbocycles. The minimum atomic E-state index is -0.658. The van der Waals surface area contributed by atoms with Crippen LogP contribution < -0.4 is 0 Å². The van der Waals surface area contributed by atoms with Gasteiger partial charge in [-0.1, -0.05) is 12.2 Å². The Labute approximate surface area is 152 Å². The number of allylic oxidation sites excluding steroid dienone is 2. The second-order valence-corrected chi connectivity index (χ2v) is 8.85. The Morgan fingerprint density at radius 2 is 1.52 bits per heavy atom. The summed E-state index contributed by atoms with van der Waals surface area (Å²) >= 11 is 0. The molecule has 0 aromatic heterocycles.